The molecule has 0 heterocycles. The third-order valence-corrected chi connectivity index (χ3v) is 5.52. The van der Waals surface area contributed by atoms with E-state index in [1.54, 1.807) is 6.07 Å². The van der Waals surface area contributed by atoms with Gasteiger partial charge in [0.2, 0.25) is 0 Å². The van der Waals surface area contributed by atoms with Crippen molar-refractivity contribution < 1.29 is 19.4 Å². The number of nitrogens with one attached hydrogen (secondary N) is 1. The summed E-state index contributed by atoms with van der Waals surface area (Å²) in [7, 11) is 1.37. The van der Waals surface area contributed by atoms with Gasteiger partial charge >= 0.3 is 5.97 Å². The SMILES string of the molecule is COC(=O)C(C/C1=C/C/C=C(/CO)C=CC1)Nc1ccccc1C(=O)c1ccccc1C. The fourth-order valence-corrected chi connectivity index (χ4v) is 3.74. The van der Waals surface area contributed by atoms with Gasteiger partial charge in [0, 0.05) is 16.8 Å². The number of esters is 1. The Bertz CT molecular complexity index is 1060. The van der Waals surface area contributed by atoms with E-state index >= 15 is 0 Å². The third-order valence-electron chi connectivity index (χ3n) is 5.52. The summed E-state index contributed by atoms with van der Waals surface area (Å²) in [6.45, 7) is 1.92. The van der Waals surface area contributed by atoms with Crippen molar-refractivity contribution in [1.29, 1.82) is 0 Å². The number of hydrogen-bond acceptors (Lipinski definition) is 5. The Morgan fingerprint density at radius 1 is 1.06 bits per heavy atom. The molecule has 5 nitrogen and oxygen atoms in total. The zero-order chi connectivity index (χ0) is 22.9. The number of para-hydroxylation sites is 1. The van der Waals surface area contributed by atoms with Crippen molar-refractivity contribution in [1.82, 2.24) is 0 Å². The molecule has 5 heteroatoms. The number of aryl methyl sites for hydroxylation is 1. The van der Waals surface area contributed by atoms with Crippen LogP contribution in [-0.4, -0.2) is 36.6 Å². The smallest absolute Gasteiger partial charge is 0.328 e. The number of hydrogen-bond donors (Lipinski definition) is 2. The molecule has 1 aliphatic rings. The van der Waals surface area contributed by atoms with Gasteiger partial charge in [-0.25, -0.2) is 4.79 Å². The van der Waals surface area contributed by atoms with Crippen LogP contribution in [0.1, 0.15) is 40.7 Å². The highest BCUT2D eigenvalue weighted by atomic mass is 16.5. The summed E-state index contributed by atoms with van der Waals surface area (Å²) in [5, 5.41) is 12.6. The van der Waals surface area contributed by atoms with Crippen molar-refractivity contribution in [2.75, 3.05) is 19.0 Å². The molecular formula is C27H29NO4. The lowest BCUT2D eigenvalue weighted by Crippen LogP contribution is -2.32. The molecule has 0 amide bonds. The summed E-state index contributed by atoms with van der Waals surface area (Å²) in [4.78, 5) is 25.8. The second-order valence-corrected chi connectivity index (χ2v) is 7.76. The Kier molecular flexibility index (Phi) is 8.17. The van der Waals surface area contributed by atoms with Crippen molar-refractivity contribution in [3.05, 3.63) is 101 Å². The molecule has 2 aromatic rings. The van der Waals surface area contributed by atoms with Gasteiger partial charge in [-0.05, 0) is 49.5 Å². The first-order valence-electron chi connectivity index (χ1n) is 10.7. The van der Waals surface area contributed by atoms with E-state index < -0.39 is 6.04 Å². The molecule has 2 aromatic carbocycles. The Labute approximate surface area is 189 Å². The van der Waals surface area contributed by atoms with Crippen LogP contribution in [0.25, 0.3) is 0 Å². The minimum atomic E-state index is -0.633. The minimum absolute atomic E-state index is 0.0116. The molecule has 0 aromatic heterocycles. The number of aliphatic hydroxyl groups is 1. The highest BCUT2D eigenvalue weighted by molar-refractivity contribution is 6.13. The molecule has 0 fully saturated rings. The minimum Gasteiger partial charge on any atom is -0.467 e. The highest BCUT2D eigenvalue weighted by Crippen LogP contribution is 2.24. The lowest BCUT2D eigenvalue weighted by atomic mass is 9.96. The van der Waals surface area contributed by atoms with E-state index in [1.165, 1.54) is 7.11 Å². The average molecular weight is 432 g/mol. The van der Waals surface area contributed by atoms with E-state index in [4.69, 9.17) is 4.74 Å². The van der Waals surface area contributed by atoms with Gasteiger partial charge in [0.1, 0.15) is 6.04 Å². The second kappa shape index (κ2) is 11.3. The van der Waals surface area contributed by atoms with Crippen molar-refractivity contribution in [3.63, 3.8) is 0 Å². The Morgan fingerprint density at radius 2 is 1.78 bits per heavy atom. The first-order chi connectivity index (χ1) is 15.5. The predicted molar refractivity (Wildman–Crippen MR) is 127 cm³/mol. The first-order valence-corrected chi connectivity index (χ1v) is 10.7. The molecule has 166 valence electrons. The van der Waals surface area contributed by atoms with Crippen LogP contribution >= 0.6 is 0 Å². The zero-order valence-electron chi connectivity index (χ0n) is 18.5. The third kappa shape index (κ3) is 5.83. The number of anilines is 1. The number of ether oxygens (including phenoxy) is 1. The van der Waals surface area contributed by atoms with Crippen molar-refractivity contribution in [2.45, 2.75) is 32.2 Å². The summed E-state index contributed by atoms with van der Waals surface area (Å²) in [5.74, 6) is -0.480. The number of carbonyl (C=O) groups is 2. The van der Waals surface area contributed by atoms with Crippen LogP contribution in [0, 0.1) is 6.92 Å². The van der Waals surface area contributed by atoms with E-state index in [0.29, 0.717) is 36.1 Å². The maximum absolute atomic E-state index is 13.2. The molecule has 3 rings (SSSR count). The Hall–Kier alpha value is -3.44. The highest BCUT2D eigenvalue weighted by Gasteiger charge is 2.23. The fourth-order valence-electron chi connectivity index (χ4n) is 3.74. The maximum Gasteiger partial charge on any atom is 0.328 e. The molecule has 0 radical (unpaired) electrons. The van der Waals surface area contributed by atoms with Crippen LogP contribution in [0.4, 0.5) is 5.69 Å². The molecular weight excluding hydrogens is 402 g/mol. The molecule has 32 heavy (non-hydrogen) atoms. The van der Waals surface area contributed by atoms with Crippen LogP contribution in [0.3, 0.4) is 0 Å². The number of carbonyl (C=O) groups excluding carboxylic acids is 2. The summed E-state index contributed by atoms with van der Waals surface area (Å²) >= 11 is 0. The molecule has 1 atom stereocenters. The van der Waals surface area contributed by atoms with Gasteiger partial charge in [-0.15, -0.1) is 0 Å². The summed E-state index contributed by atoms with van der Waals surface area (Å²) in [6.07, 6.45) is 9.74. The number of allylic oxidation sites excluding steroid dienone is 3. The van der Waals surface area contributed by atoms with Crippen LogP contribution in [0.5, 0.6) is 0 Å². The van der Waals surface area contributed by atoms with E-state index in [0.717, 1.165) is 16.7 Å². The van der Waals surface area contributed by atoms with Gasteiger partial charge in [0.05, 0.1) is 13.7 Å². The van der Waals surface area contributed by atoms with Gasteiger partial charge in [-0.2, -0.15) is 0 Å². The van der Waals surface area contributed by atoms with Crippen LogP contribution in [0.2, 0.25) is 0 Å². The van der Waals surface area contributed by atoms with E-state index in [1.807, 2.05) is 67.6 Å². The van der Waals surface area contributed by atoms with Gasteiger partial charge in [0.25, 0.3) is 0 Å². The molecule has 1 aliphatic carbocycles. The molecule has 0 bridgehead atoms. The van der Waals surface area contributed by atoms with Crippen LogP contribution in [0.15, 0.2) is 84.0 Å². The van der Waals surface area contributed by atoms with E-state index in [9.17, 15) is 14.7 Å². The number of aliphatic hydroxyl groups excluding tert-OH is 1. The number of methoxy groups -OCH3 is 1. The van der Waals surface area contributed by atoms with Gasteiger partial charge in [-0.1, -0.05) is 66.3 Å². The summed E-state index contributed by atoms with van der Waals surface area (Å²) in [6, 6.07) is 14.1. The van der Waals surface area contributed by atoms with Crippen LogP contribution in [-0.2, 0) is 9.53 Å². The molecule has 2 N–H and O–H groups in total. The lowest BCUT2D eigenvalue weighted by Gasteiger charge is -2.21. The first kappa shape index (κ1) is 23.2. The zero-order valence-corrected chi connectivity index (χ0v) is 18.5. The number of benzene rings is 2. The standard InChI is InChI=1S/C27H29NO4/c1-19-9-3-4-14-22(19)26(30)23-15-5-6-16-24(23)28-25(27(31)32-2)17-20-10-7-12-21(18-29)13-8-11-20/h3-7,9,11-16,25,28-29H,8,10,17-18H2,1-2H3/b12-7?,20-11+,21-13+. The molecule has 0 saturated carbocycles. The quantitative estimate of drug-likeness (QED) is 0.358. The Balaban J connectivity index is 1.85. The monoisotopic (exact) mass is 431 g/mol. The van der Waals surface area contributed by atoms with Crippen molar-refractivity contribution in [2.24, 2.45) is 0 Å². The van der Waals surface area contributed by atoms with E-state index in [-0.39, 0.29) is 18.4 Å². The molecule has 0 spiro atoms. The van der Waals surface area contributed by atoms with Crippen LogP contribution < -0.4 is 5.32 Å². The molecule has 0 aliphatic heterocycles. The second-order valence-electron chi connectivity index (χ2n) is 7.76. The van der Waals surface area contributed by atoms with Gasteiger partial charge < -0.3 is 15.2 Å². The molecule has 0 saturated heterocycles. The average Bonchev–Trinajstić information content (AvgIpc) is 2.79. The normalized spacial score (nSPS) is 17.7. The predicted octanol–water partition coefficient (Wildman–Crippen LogP) is 4.76. The maximum atomic E-state index is 13.2. The van der Waals surface area contributed by atoms with Gasteiger partial charge in [0.15, 0.2) is 5.78 Å². The van der Waals surface area contributed by atoms with Crippen molar-refractivity contribution in [3.8, 4) is 0 Å². The largest absolute Gasteiger partial charge is 0.467 e. The van der Waals surface area contributed by atoms with E-state index in [2.05, 4.69) is 11.4 Å². The van der Waals surface area contributed by atoms with Crippen molar-refractivity contribution >= 4 is 17.4 Å². The lowest BCUT2D eigenvalue weighted by molar-refractivity contribution is -0.141. The summed E-state index contributed by atoms with van der Waals surface area (Å²) in [5.41, 5.74) is 4.61. The topological polar surface area (TPSA) is 75.6 Å². The number of rotatable bonds is 8. The summed E-state index contributed by atoms with van der Waals surface area (Å²) < 4.78 is 5.04. The molecule has 1 unspecified atom stereocenters. The number of ketones is 1. The Morgan fingerprint density at radius 3 is 2.50 bits per heavy atom. The fraction of sp³-hybridized carbons (Fsp3) is 0.259. The van der Waals surface area contributed by atoms with Gasteiger partial charge in [-0.3, -0.25) is 4.79 Å².